The zero-order valence-corrected chi connectivity index (χ0v) is 41.3. The summed E-state index contributed by atoms with van der Waals surface area (Å²) in [5.41, 5.74) is 13.8. The zero-order chi connectivity index (χ0) is 44.9. The summed E-state index contributed by atoms with van der Waals surface area (Å²) in [4.78, 5) is 9.82. The fourth-order valence-corrected chi connectivity index (χ4v) is 10.2. The predicted molar refractivity (Wildman–Crippen MR) is 265 cm³/mol. The standard InChI is InChI=1S/C39H31N4O.C17H22NSi.Ir/c1-23(2)31-21-26(25-13-6-5-7-14-25)22-32(24(3)4)35(31)43-36-29-16-8-10-19-33(29)41-42-38(36)40-39(43)30-18-12-17-28-27-15-9-11-20-34(27)44-37(28)30;1-13(2)15-11-16(14-9-7-6-8-10-14)18-12-17(15)19(3,4)5;/h5-17,19-24H,1-4H3;6-9,11-13H,1-5H3;/q2*-1;/i;13D;. The number of rotatable bonds is 8. The average molecular weight is 1030 g/mol. The fraction of sp³-hybridized carbons (Fsp3) is 0.214. The first-order valence-electron chi connectivity index (χ1n) is 22.4. The van der Waals surface area contributed by atoms with E-state index in [1.807, 2.05) is 80.7 Å². The van der Waals surface area contributed by atoms with Crippen molar-refractivity contribution >= 4 is 57.3 Å². The number of nitrogens with zero attached hydrogens (tertiary/aromatic N) is 5. The van der Waals surface area contributed by atoms with Crippen LogP contribution in [0.15, 0.2) is 144 Å². The third kappa shape index (κ3) is 8.38. The van der Waals surface area contributed by atoms with Crippen molar-refractivity contribution in [2.45, 2.75) is 78.9 Å². The Morgan fingerprint density at radius 1 is 0.656 bits per heavy atom. The summed E-state index contributed by atoms with van der Waals surface area (Å²) < 4.78 is 17.3. The van der Waals surface area contributed by atoms with Crippen LogP contribution in [0.25, 0.3) is 83.5 Å². The molecule has 4 heterocycles. The summed E-state index contributed by atoms with van der Waals surface area (Å²) in [6.07, 6.45) is 1.98. The van der Waals surface area contributed by atoms with Crippen molar-refractivity contribution in [3.05, 3.63) is 168 Å². The Labute approximate surface area is 392 Å². The van der Waals surface area contributed by atoms with Crippen LogP contribution in [-0.2, 0) is 20.1 Å². The van der Waals surface area contributed by atoms with E-state index >= 15 is 0 Å². The molecule has 0 saturated carbocycles. The van der Waals surface area contributed by atoms with Gasteiger partial charge in [0.05, 0.1) is 30.5 Å². The topological polar surface area (TPSA) is 69.6 Å². The van der Waals surface area contributed by atoms with Crippen LogP contribution in [0.1, 0.15) is 77.3 Å². The smallest absolute Gasteiger partial charge is 0.191 e. The van der Waals surface area contributed by atoms with Crippen LogP contribution in [0.5, 0.6) is 0 Å². The Morgan fingerprint density at radius 3 is 2.00 bits per heavy atom. The molecular formula is C56H53IrN5OSi-2. The van der Waals surface area contributed by atoms with Crippen LogP contribution in [0.2, 0.25) is 19.6 Å². The fourth-order valence-electron chi connectivity index (χ4n) is 8.61. The molecule has 0 atom stereocenters. The van der Waals surface area contributed by atoms with Gasteiger partial charge in [0, 0.05) is 44.1 Å². The number of para-hydroxylation sites is 1. The van der Waals surface area contributed by atoms with Crippen molar-refractivity contribution in [3.8, 4) is 39.5 Å². The van der Waals surface area contributed by atoms with Gasteiger partial charge in [-0.2, -0.15) is 0 Å². The van der Waals surface area contributed by atoms with E-state index in [2.05, 4.69) is 152 Å². The molecule has 8 heteroatoms. The van der Waals surface area contributed by atoms with Crippen LogP contribution in [0, 0.1) is 12.1 Å². The SMILES string of the molecule is CC(C)c1cc(-c2ccccc2)cc(C(C)C)c1-n1c(-c2[c-]ccc3c2oc2ccccc23)nc2nnc3ccccc3c21.[2H]C(C)(C)c1cc(-c2[c-]cccc2)ncc1[Si](C)(C)C.[Ir]. The molecule has 64 heavy (non-hydrogen) atoms. The van der Waals surface area contributed by atoms with Crippen molar-refractivity contribution in [2.75, 3.05) is 0 Å². The van der Waals surface area contributed by atoms with Crippen LogP contribution in [0.3, 0.4) is 0 Å². The average Bonchev–Trinajstić information content (AvgIpc) is 3.88. The van der Waals surface area contributed by atoms with E-state index in [0.717, 1.165) is 72.3 Å². The molecule has 1 radical (unpaired) electrons. The molecule has 0 N–H and O–H groups in total. The Kier molecular flexibility index (Phi) is 12.3. The summed E-state index contributed by atoms with van der Waals surface area (Å²) in [5, 5.41) is 13.6. The van der Waals surface area contributed by atoms with Crippen molar-refractivity contribution in [1.82, 2.24) is 24.7 Å². The van der Waals surface area contributed by atoms with Gasteiger partial charge in [-0.3, -0.25) is 4.98 Å². The van der Waals surface area contributed by atoms with Gasteiger partial charge in [-0.05, 0) is 75.1 Å². The van der Waals surface area contributed by atoms with Gasteiger partial charge in [0.15, 0.2) is 5.65 Å². The van der Waals surface area contributed by atoms with Gasteiger partial charge in [-0.25, -0.2) is 0 Å². The second-order valence-corrected chi connectivity index (χ2v) is 23.2. The summed E-state index contributed by atoms with van der Waals surface area (Å²) in [7, 11) is -1.50. The number of hydrogen-bond acceptors (Lipinski definition) is 5. The summed E-state index contributed by atoms with van der Waals surface area (Å²) >= 11 is 0. The van der Waals surface area contributed by atoms with Crippen LogP contribution < -0.4 is 5.19 Å². The van der Waals surface area contributed by atoms with Gasteiger partial charge < -0.3 is 14.0 Å². The minimum absolute atomic E-state index is 0. The van der Waals surface area contributed by atoms with E-state index in [9.17, 15) is 0 Å². The maximum atomic E-state index is 8.44. The molecule has 0 saturated heterocycles. The van der Waals surface area contributed by atoms with Crippen molar-refractivity contribution in [3.63, 3.8) is 0 Å². The molecule has 6 aromatic carbocycles. The molecule has 323 valence electrons. The third-order valence-electron chi connectivity index (χ3n) is 11.8. The minimum atomic E-state index is -1.50. The number of imidazole rings is 1. The van der Waals surface area contributed by atoms with Gasteiger partial charge in [0.2, 0.25) is 0 Å². The first-order valence-corrected chi connectivity index (χ1v) is 25.4. The van der Waals surface area contributed by atoms with E-state index in [0.29, 0.717) is 5.65 Å². The van der Waals surface area contributed by atoms with Crippen molar-refractivity contribution < 1.29 is 25.9 Å². The van der Waals surface area contributed by atoms with E-state index in [1.54, 1.807) is 0 Å². The van der Waals surface area contributed by atoms with Crippen LogP contribution in [0.4, 0.5) is 0 Å². The summed E-state index contributed by atoms with van der Waals surface area (Å²) in [5.74, 6) is 0.612. The Morgan fingerprint density at radius 2 is 1.33 bits per heavy atom. The number of furan rings is 1. The van der Waals surface area contributed by atoms with Gasteiger partial charge >= 0.3 is 0 Å². The number of fused-ring (bicyclic) bond motifs is 6. The molecule has 0 amide bonds. The second-order valence-electron chi connectivity index (χ2n) is 18.2. The number of pyridine rings is 1. The largest absolute Gasteiger partial charge is 0.501 e. The molecule has 0 aliphatic carbocycles. The minimum Gasteiger partial charge on any atom is -0.501 e. The molecule has 6 nitrogen and oxygen atoms in total. The molecular weight excluding hydrogens is 979 g/mol. The predicted octanol–water partition coefficient (Wildman–Crippen LogP) is 14.5. The molecule has 4 aromatic heterocycles. The molecule has 10 aromatic rings. The first-order chi connectivity index (χ1) is 30.7. The van der Waals surface area contributed by atoms with Gasteiger partial charge in [-0.15, -0.1) is 64.3 Å². The number of benzene rings is 6. The summed E-state index contributed by atoms with van der Waals surface area (Å²) in [6.45, 7) is 19.9. The van der Waals surface area contributed by atoms with Gasteiger partial charge in [0.1, 0.15) is 5.58 Å². The van der Waals surface area contributed by atoms with Gasteiger partial charge in [0.25, 0.3) is 0 Å². The van der Waals surface area contributed by atoms with Crippen LogP contribution >= 0.6 is 0 Å². The number of aromatic nitrogens is 5. The summed E-state index contributed by atoms with van der Waals surface area (Å²) in [6, 6.07) is 52.4. The van der Waals surface area contributed by atoms with Crippen molar-refractivity contribution in [1.29, 1.82) is 0 Å². The molecule has 0 aliphatic rings. The maximum absolute atomic E-state index is 8.44. The van der Waals surface area contributed by atoms with E-state index in [4.69, 9.17) is 10.8 Å². The molecule has 0 aliphatic heterocycles. The maximum Gasteiger partial charge on any atom is 0.191 e. The van der Waals surface area contributed by atoms with E-state index in [-0.39, 0.29) is 31.9 Å². The van der Waals surface area contributed by atoms with E-state index in [1.165, 1.54) is 27.4 Å². The molecule has 0 unspecified atom stereocenters. The van der Waals surface area contributed by atoms with Crippen molar-refractivity contribution in [2.24, 2.45) is 0 Å². The second kappa shape index (κ2) is 18.2. The first kappa shape index (κ1) is 43.2. The molecule has 0 spiro atoms. The zero-order valence-electron chi connectivity index (χ0n) is 38.9. The quantitative estimate of drug-likeness (QED) is 0.112. The van der Waals surface area contributed by atoms with Crippen LogP contribution in [-0.4, -0.2) is 32.8 Å². The third-order valence-corrected chi connectivity index (χ3v) is 13.8. The Balaban J connectivity index is 0.000000232. The Hall–Kier alpha value is -6.05. The molecule has 0 bridgehead atoms. The number of hydrogen-bond donors (Lipinski definition) is 0. The monoisotopic (exact) mass is 1030 g/mol. The van der Waals surface area contributed by atoms with E-state index < -0.39 is 14.0 Å². The Bertz CT molecular complexity index is 3280. The molecule has 10 rings (SSSR count). The molecule has 0 fully saturated rings. The normalized spacial score (nSPS) is 12.2. The van der Waals surface area contributed by atoms with Gasteiger partial charge in [-0.1, -0.05) is 150 Å².